The summed E-state index contributed by atoms with van der Waals surface area (Å²) >= 11 is 20.4. The van der Waals surface area contributed by atoms with Crippen LogP contribution >= 0.6 is 95.6 Å². The molecule has 5 aromatic rings. The minimum absolute atomic E-state index is 0.0534. The number of nitrogens with zero attached hydrogens (tertiary/aromatic N) is 6. The molecule has 34 heteroatoms. The number of pyridine rings is 5. The second kappa shape index (κ2) is 43.8. The van der Waals surface area contributed by atoms with Crippen LogP contribution in [0.25, 0.3) is 0 Å². The van der Waals surface area contributed by atoms with Crippen LogP contribution in [0.1, 0.15) is 298 Å². The maximum absolute atomic E-state index is 13.0. The second-order valence-electron chi connectivity index (χ2n) is 39.2. The highest BCUT2D eigenvalue weighted by molar-refractivity contribution is 9.12. The van der Waals surface area contributed by atoms with Gasteiger partial charge >= 0.3 is 17.9 Å². The predicted molar refractivity (Wildman–Crippen MR) is 530 cm³/mol. The number of carbonyl (C=O) groups is 4. The number of esters is 3. The Labute approximate surface area is 837 Å². The molecule has 740 valence electrons. The first-order valence-corrected chi connectivity index (χ1v) is 50.8. The van der Waals surface area contributed by atoms with Crippen molar-refractivity contribution in [2.45, 2.75) is 310 Å². The summed E-state index contributed by atoms with van der Waals surface area (Å²) in [6.07, 6.45) is 27.8. The van der Waals surface area contributed by atoms with Gasteiger partial charge in [0.25, 0.3) is 0 Å². The Morgan fingerprint density at radius 2 is 0.918 bits per heavy atom. The molecule has 16 unspecified atom stereocenters. The number of halogens is 6. The zero-order chi connectivity index (χ0) is 99.5. The van der Waals surface area contributed by atoms with Crippen molar-refractivity contribution in [3.8, 4) is 28.7 Å². The molecule has 0 bridgehead atoms. The van der Waals surface area contributed by atoms with Crippen molar-refractivity contribution in [2.75, 3.05) is 55.8 Å². The molecule has 0 spiro atoms. The highest BCUT2D eigenvalue weighted by atomic mass is 79.9. The average molecular weight is 2250 g/mol. The largest absolute Gasteiger partial charge is 0.498 e. The number of hydrogen-bond acceptors (Lipinski definition) is 26. The van der Waals surface area contributed by atoms with Gasteiger partial charge in [-0.1, -0.05) is 146 Å². The van der Waals surface area contributed by atoms with E-state index in [1.54, 1.807) is 61.4 Å². The van der Waals surface area contributed by atoms with Gasteiger partial charge in [0.2, 0.25) is 10.9 Å². The summed E-state index contributed by atoms with van der Waals surface area (Å²) in [6, 6.07) is 0. The van der Waals surface area contributed by atoms with Gasteiger partial charge in [0.15, 0.2) is 35.6 Å². The number of aliphatic hydroxyl groups is 7. The Hall–Kier alpha value is -6.41. The van der Waals surface area contributed by atoms with Gasteiger partial charge in [-0.2, -0.15) is 0 Å². The molecule has 10 aliphatic rings. The van der Waals surface area contributed by atoms with E-state index in [0.717, 1.165) is 173 Å². The lowest BCUT2D eigenvalue weighted by molar-refractivity contribution is -0.200. The molecule has 0 radical (unpaired) electrons. The molecule has 28 nitrogen and oxygen atoms in total. The fraction of sp³-hybridized carbons (Fsp3) is 0.630. The summed E-state index contributed by atoms with van der Waals surface area (Å²) in [5, 5.41) is 76.3. The lowest BCUT2D eigenvalue weighted by atomic mass is 9.58. The molecule has 16 atom stereocenters. The first kappa shape index (κ1) is 110. The van der Waals surface area contributed by atoms with Crippen LogP contribution < -0.4 is 34.5 Å². The van der Waals surface area contributed by atoms with E-state index in [0.29, 0.717) is 107 Å². The monoisotopic (exact) mass is 2250 g/mol. The van der Waals surface area contributed by atoms with Gasteiger partial charge in [0, 0.05) is 126 Å². The van der Waals surface area contributed by atoms with Crippen molar-refractivity contribution >= 4 is 119 Å². The molecular formula is C100H136Br6N6O22. The van der Waals surface area contributed by atoms with E-state index in [-0.39, 0.29) is 62.5 Å². The quantitative estimate of drug-likeness (QED) is 0.0274. The zero-order valence-electron chi connectivity index (χ0n) is 80.8. The molecule has 6 saturated carbocycles. The number of Topliss-reactive ketones (excluding diaryl/α,β-unsaturated/α-hetero) is 1. The molecule has 0 aromatic carbocycles. The third-order valence-corrected chi connectivity index (χ3v) is 35.6. The lowest BCUT2D eigenvalue weighted by Crippen LogP contribution is -2.66. The van der Waals surface area contributed by atoms with E-state index in [1.165, 1.54) is 42.1 Å². The number of hydrogen-bond donors (Lipinski definition) is 7. The summed E-state index contributed by atoms with van der Waals surface area (Å²) in [7, 11) is 9.24. The van der Waals surface area contributed by atoms with E-state index < -0.39 is 87.2 Å². The van der Waals surface area contributed by atoms with Crippen molar-refractivity contribution in [1.29, 1.82) is 0 Å². The molecule has 9 heterocycles. The second-order valence-corrected chi connectivity index (χ2v) is 44.4. The topological polar surface area (TPSA) is 379 Å². The van der Waals surface area contributed by atoms with E-state index in [4.69, 9.17) is 42.6 Å². The fourth-order valence-corrected chi connectivity index (χ4v) is 24.2. The molecule has 7 fully saturated rings. The van der Waals surface area contributed by atoms with Gasteiger partial charge in [-0.15, -0.1) is 0 Å². The van der Waals surface area contributed by atoms with E-state index in [1.807, 2.05) is 52.6 Å². The Morgan fingerprint density at radius 1 is 0.500 bits per heavy atom. The molecule has 134 heavy (non-hydrogen) atoms. The van der Waals surface area contributed by atoms with Crippen LogP contribution in [0.4, 0.5) is 0 Å². The average Bonchev–Trinajstić information content (AvgIpc) is 0.718. The minimum atomic E-state index is -1.36. The highest BCUT2D eigenvalue weighted by Crippen LogP contribution is 2.61. The molecule has 6 aliphatic carbocycles. The summed E-state index contributed by atoms with van der Waals surface area (Å²) in [6.45, 7) is 33.0. The molecule has 7 N–H and O–H groups in total. The summed E-state index contributed by atoms with van der Waals surface area (Å²) in [4.78, 5) is 88.1. The van der Waals surface area contributed by atoms with E-state index in [2.05, 4.69) is 151 Å². The molecule has 4 aliphatic heterocycles. The normalized spacial score (nSPS) is 30.1. The van der Waals surface area contributed by atoms with Crippen molar-refractivity contribution in [3.63, 3.8) is 0 Å². The summed E-state index contributed by atoms with van der Waals surface area (Å²) < 4.78 is 57.5. The van der Waals surface area contributed by atoms with Gasteiger partial charge in [-0.05, 0) is 197 Å². The molecule has 1 saturated heterocycles. The van der Waals surface area contributed by atoms with Crippen LogP contribution in [0.2, 0.25) is 0 Å². The number of ketones is 1. The zero-order valence-corrected chi connectivity index (χ0v) is 90.4. The number of aliphatic hydroxyl groups excluding tert-OH is 3. The Bertz CT molecular complexity index is 5440. The maximum Gasteiger partial charge on any atom is 0.303 e. The number of fused-ring (bicyclic) bond motifs is 6. The molecule has 5 aromatic heterocycles. The van der Waals surface area contributed by atoms with Crippen molar-refractivity contribution in [1.82, 2.24) is 29.0 Å². The van der Waals surface area contributed by atoms with E-state index >= 15 is 0 Å². The maximum atomic E-state index is 13.0. The number of aromatic nitrogens is 5. The first-order chi connectivity index (χ1) is 62.8. The smallest absolute Gasteiger partial charge is 0.303 e. The first-order valence-electron chi connectivity index (χ1n) is 46.1. The highest BCUT2D eigenvalue weighted by Gasteiger charge is 2.64. The number of carbonyl (C=O) groups excluding carboxylic acids is 4. The fourth-order valence-electron chi connectivity index (χ4n) is 22.1. The van der Waals surface area contributed by atoms with Crippen molar-refractivity contribution in [2.24, 2.45) is 38.4 Å². The van der Waals surface area contributed by atoms with Crippen LogP contribution in [-0.2, 0) is 46.4 Å². The van der Waals surface area contributed by atoms with Gasteiger partial charge in [-0.25, -0.2) is 0 Å². The minimum Gasteiger partial charge on any atom is -0.498 e. The number of methoxy groups -OCH3 is 6. The standard InChI is InChI=1S/C18H26BrNO5.C18H26BrNO4.C18H24BrNO3.C16H22BrNO2.C15H20BrNO4.C15H18BrNO4/c1-11-13(19)9-20-14(15(11)24-4)16(25-12(2)22)17(3)7-5-6-8-18(17,23)10-21;1-11-13(19)9-20-10-18(22)8-6-5-7-17(18,3)16(24-12(2)21)14(20)15(11)23-4;1-11-8-6-7-9-18(11,4)17(23-13(3)21)15-16(22-5)12(2)14(19)10-20-15;1-10-7-5-6-8-16(10,3)15(19)13-14(20-4)11(2)12(17)9-18-13;2*1-14-5-3-4-6-15(14,20)8-17-7-9(16)11(18)12(21-2)10(17)13(14)19/h9,16,21,23H,5-8,10H2,1-4H3;9,11,16,22H,5-8,10H2,1-4H3;10,17H,1,6-9H2,2-5H3;9,15,19H,1,5-8H2,2-4H3;7,13,19-20H,3-6,8H2,1-2H3;7,20H,3-6,8H2,1-2H3. The van der Waals surface area contributed by atoms with Gasteiger partial charge in [-0.3, -0.25) is 43.7 Å². The lowest BCUT2D eigenvalue weighted by Gasteiger charge is -2.59. The van der Waals surface area contributed by atoms with Crippen molar-refractivity contribution < 1.29 is 97.6 Å². The molecular weight excluding hydrogens is 2120 g/mol. The van der Waals surface area contributed by atoms with Crippen LogP contribution in [0.3, 0.4) is 0 Å². The Kier molecular flexibility index (Phi) is 35.8. The van der Waals surface area contributed by atoms with Crippen LogP contribution in [0, 0.1) is 59.2 Å². The third-order valence-electron chi connectivity index (χ3n) is 31.2. The van der Waals surface area contributed by atoms with Crippen LogP contribution in [0.15, 0.2) is 109 Å². The van der Waals surface area contributed by atoms with Gasteiger partial charge < -0.3 is 92.4 Å². The van der Waals surface area contributed by atoms with E-state index in [9.17, 15) is 64.5 Å². The van der Waals surface area contributed by atoms with Crippen LogP contribution in [0.5, 0.6) is 28.7 Å². The van der Waals surface area contributed by atoms with Crippen molar-refractivity contribution in [3.05, 3.63) is 165 Å². The molecule has 15 rings (SSSR count). The van der Waals surface area contributed by atoms with Gasteiger partial charge in [0.1, 0.15) is 58.0 Å². The van der Waals surface area contributed by atoms with Gasteiger partial charge in [0.05, 0.1) is 117 Å². The Morgan fingerprint density at radius 3 is 1.41 bits per heavy atom. The van der Waals surface area contributed by atoms with Crippen LogP contribution in [-0.4, -0.2) is 173 Å². The molecule has 0 amide bonds. The number of rotatable bonds is 16. The Balaban J connectivity index is 0.000000167. The summed E-state index contributed by atoms with van der Waals surface area (Å²) in [5.41, 5.74) is -0.118. The SMILES string of the molecule is C=C1CCCCC1(C)C(O)c1ncc(Br)c(C)c1OC.C=C1CCCCC1(C)C(OC(C)=O)c1ncc(Br)c(C)c1OC.COC1=C2C(OC(C)=O)C3(C)CCCCC3(O)CN2C=C(Br)C1C.COc1c(C(OC(C)=O)C2(C)CCCCC2(O)CO)ncc(Br)c1C.COc1c2n(cc(Br)c1=O)CC1(O)CCCCC1(C)C2=O.COc1c2n(cc(Br)c1=O)CC1(O)CCCCC1(C)C2O. The third kappa shape index (κ3) is 20.7. The predicted octanol–water partition coefficient (Wildman–Crippen LogP) is 19.7. The summed E-state index contributed by atoms with van der Waals surface area (Å²) in [5.74, 6) is 1.57. The number of piperidine rings is 1. The number of allylic oxidation sites excluding steroid dienone is 1. The number of ether oxygens (including phenoxy) is 9.